The molecule has 0 aliphatic carbocycles. The second-order valence-corrected chi connectivity index (χ2v) is 8.29. The van der Waals surface area contributed by atoms with Crippen LogP contribution < -0.4 is 9.80 Å². The summed E-state index contributed by atoms with van der Waals surface area (Å²) in [5, 5.41) is 11.1. The van der Waals surface area contributed by atoms with Crippen molar-refractivity contribution >= 4 is 34.4 Å². The van der Waals surface area contributed by atoms with E-state index in [0.29, 0.717) is 23.5 Å². The SMILES string of the molecule is Cc1ccc(C)c(N2C(=O)C(c3ccc([N+](=O)[O-])cc3)=C(N3CCc4ccccc43)C2=O)c1. The third kappa shape index (κ3) is 3.29. The van der Waals surface area contributed by atoms with Gasteiger partial charge in [0.05, 0.1) is 16.2 Å². The van der Waals surface area contributed by atoms with Crippen LogP contribution in [0.1, 0.15) is 22.3 Å². The second-order valence-electron chi connectivity index (χ2n) is 8.29. The number of nitro groups is 1. The van der Waals surface area contributed by atoms with Gasteiger partial charge in [0.2, 0.25) is 0 Å². The van der Waals surface area contributed by atoms with Crippen LogP contribution in [0.3, 0.4) is 0 Å². The number of para-hydroxylation sites is 1. The quantitative estimate of drug-likeness (QED) is 0.338. The maximum Gasteiger partial charge on any atom is 0.282 e. The van der Waals surface area contributed by atoms with Gasteiger partial charge >= 0.3 is 0 Å². The molecule has 33 heavy (non-hydrogen) atoms. The fourth-order valence-corrected chi connectivity index (χ4v) is 4.53. The van der Waals surface area contributed by atoms with Crippen molar-refractivity contribution in [1.82, 2.24) is 0 Å². The van der Waals surface area contributed by atoms with E-state index < -0.39 is 16.7 Å². The number of imide groups is 1. The summed E-state index contributed by atoms with van der Waals surface area (Å²) >= 11 is 0. The molecule has 2 aliphatic heterocycles. The molecule has 0 unspecified atom stereocenters. The average molecular weight is 439 g/mol. The number of benzene rings is 3. The minimum Gasteiger partial charge on any atom is -0.336 e. The van der Waals surface area contributed by atoms with Crippen molar-refractivity contribution in [1.29, 1.82) is 0 Å². The van der Waals surface area contributed by atoms with Gasteiger partial charge in [-0.25, -0.2) is 4.90 Å². The lowest BCUT2D eigenvalue weighted by Crippen LogP contribution is -2.35. The monoisotopic (exact) mass is 439 g/mol. The van der Waals surface area contributed by atoms with E-state index >= 15 is 0 Å². The Morgan fingerprint density at radius 2 is 1.61 bits per heavy atom. The molecule has 0 spiro atoms. The van der Waals surface area contributed by atoms with Crippen molar-refractivity contribution in [2.24, 2.45) is 0 Å². The number of aryl methyl sites for hydroxylation is 2. The van der Waals surface area contributed by atoms with Gasteiger partial charge in [0.25, 0.3) is 17.5 Å². The van der Waals surface area contributed by atoms with Crippen molar-refractivity contribution in [3.05, 3.63) is 105 Å². The lowest BCUT2D eigenvalue weighted by atomic mass is 10.0. The number of nitro benzene ring substituents is 1. The molecule has 164 valence electrons. The molecule has 0 saturated carbocycles. The molecule has 3 aromatic rings. The minimum atomic E-state index is -0.486. The number of carbonyl (C=O) groups excluding carboxylic acids is 2. The second kappa shape index (κ2) is 7.70. The Morgan fingerprint density at radius 3 is 2.33 bits per heavy atom. The van der Waals surface area contributed by atoms with Gasteiger partial charge in [-0.2, -0.15) is 0 Å². The number of nitrogens with zero attached hydrogens (tertiary/aromatic N) is 3. The normalized spacial score (nSPS) is 15.5. The lowest BCUT2D eigenvalue weighted by Gasteiger charge is -2.22. The highest BCUT2D eigenvalue weighted by atomic mass is 16.6. The van der Waals surface area contributed by atoms with Crippen LogP contribution in [0.4, 0.5) is 17.1 Å². The van der Waals surface area contributed by atoms with E-state index in [-0.39, 0.29) is 11.3 Å². The number of rotatable bonds is 4. The van der Waals surface area contributed by atoms with Crippen LogP contribution in [0.25, 0.3) is 5.57 Å². The van der Waals surface area contributed by atoms with Crippen molar-refractivity contribution < 1.29 is 14.5 Å². The number of non-ortho nitro benzene ring substituents is 1. The fourth-order valence-electron chi connectivity index (χ4n) is 4.53. The molecule has 0 saturated heterocycles. The molecule has 0 N–H and O–H groups in total. The standard InChI is InChI=1S/C26H21N3O4/c1-16-7-8-17(2)22(15-16)28-25(30)23(19-9-11-20(12-10-19)29(32)33)24(26(28)31)27-14-13-18-5-3-4-6-21(18)27/h3-12,15H,13-14H2,1-2H3. The summed E-state index contributed by atoms with van der Waals surface area (Å²) in [6.07, 6.45) is 0.762. The number of fused-ring (bicyclic) bond motifs is 1. The Hall–Kier alpha value is -4.26. The molecule has 0 fully saturated rings. The molecule has 2 aliphatic rings. The van der Waals surface area contributed by atoms with Gasteiger partial charge in [-0.3, -0.25) is 19.7 Å². The van der Waals surface area contributed by atoms with Crippen LogP contribution in [-0.2, 0) is 16.0 Å². The number of amides is 2. The van der Waals surface area contributed by atoms with Gasteiger partial charge in [0.1, 0.15) is 5.70 Å². The van der Waals surface area contributed by atoms with Gasteiger partial charge in [0, 0.05) is 24.4 Å². The zero-order chi connectivity index (χ0) is 23.3. The van der Waals surface area contributed by atoms with Crippen LogP contribution in [-0.4, -0.2) is 23.3 Å². The Morgan fingerprint density at radius 1 is 0.879 bits per heavy atom. The predicted molar refractivity (Wildman–Crippen MR) is 126 cm³/mol. The highest BCUT2D eigenvalue weighted by Gasteiger charge is 2.44. The first-order valence-electron chi connectivity index (χ1n) is 10.7. The molecule has 2 amide bonds. The Labute approximate surface area is 190 Å². The van der Waals surface area contributed by atoms with E-state index in [1.54, 1.807) is 0 Å². The Kier molecular flexibility index (Phi) is 4.82. The Balaban J connectivity index is 1.69. The van der Waals surface area contributed by atoms with Crippen molar-refractivity contribution in [3.8, 4) is 0 Å². The van der Waals surface area contributed by atoms with Crippen molar-refractivity contribution in [2.45, 2.75) is 20.3 Å². The Bertz CT molecular complexity index is 1360. The zero-order valence-electron chi connectivity index (χ0n) is 18.2. The highest BCUT2D eigenvalue weighted by molar-refractivity contribution is 6.46. The average Bonchev–Trinajstić information content (AvgIpc) is 3.33. The van der Waals surface area contributed by atoms with E-state index in [1.165, 1.54) is 29.2 Å². The number of hydrogen-bond acceptors (Lipinski definition) is 5. The van der Waals surface area contributed by atoms with Crippen LogP contribution >= 0.6 is 0 Å². The van der Waals surface area contributed by atoms with Crippen LogP contribution in [0.15, 0.2) is 72.4 Å². The van der Waals surface area contributed by atoms with Gasteiger partial charge < -0.3 is 4.90 Å². The van der Waals surface area contributed by atoms with Crippen LogP contribution in [0, 0.1) is 24.0 Å². The topological polar surface area (TPSA) is 83.8 Å². The smallest absolute Gasteiger partial charge is 0.282 e. The zero-order valence-corrected chi connectivity index (χ0v) is 18.2. The van der Waals surface area contributed by atoms with E-state index in [9.17, 15) is 19.7 Å². The summed E-state index contributed by atoms with van der Waals surface area (Å²) < 4.78 is 0. The number of hydrogen-bond donors (Lipinski definition) is 0. The highest BCUT2D eigenvalue weighted by Crippen LogP contribution is 2.41. The summed E-state index contributed by atoms with van der Waals surface area (Å²) in [5.41, 5.74) is 5.27. The summed E-state index contributed by atoms with van der Waals surface area (Å²) in [5.74, 6) is -0.819. The maximum absolute atomic E-state index is 13.8. The molecular formula is C26H21N3O4. The molecule has 0 atom stereocenters. The fraction of sp³-hybridized carbons (Fsp3) is 0.154. The third-order valence-electron chi connectivity index (χ3n) is 6.19. The van der Waals surface area contributed by atoms with E-state index in [1.807, 2.05) is 61.2 Å². The third-order valence-corrected chi connectivity index (χ3v) is 6.19. The molecule has 0 aromatic heterocycles. The van der Waals surface area contributed by atoms with E-state index in [4.69, 9.17) is 0 Å². The van der Waals surface area contributed by atoms with Gasteiger partial charge in [-0.15, -0.1) is 0 Å². The number of anilines is 2. The first-order chi connectivity index (χ1) is 15.9. The summed E-state index contributed by atoms with van der Waals surface area (Å²) in [6.45, 7) is 4.35. The molecular weight excluding hydrogens is 418 g/mol. The van der Waals surface area contributed by atoms with Crippen molar-refractivity contribution in [2.75, 3.05) is 16.3 Å². The predicted octanol–water partition coefficient (Wildman–Crippen LogP) is 4.56. The largest absolute Gasteiger partial charge is 0.336 e. The van der Waals surface area contributed by atoms with Crippen LogP contribution in [0.2, 0.25) is 0 Å². The molecule has 7 nitrogen and oxygen atoms in total. The lowest BCUT2D eigenvalue weighted by molar-refractivity contribution is -0.384. The molecule has 2 heterocycles. The molecule has 5 rings (SSSR count). The van der Waals surface area contributed by atoms with Gasteiger partial charge in [-0.1, -0.05) is 30.3 Å². The first-order valence-corrected chi connectivity index (χ1v) is 10.7. The van der Waals surface area contributed by atoms with Gasteiger partial charge in [0.15, 0.2) is 0 Å². The summed E-state index contributed by atoms with van der Waals surface area (Å²) in [4.78, 5) is 41.4. The molecule has 0 bridgehead atoms. The van der Waals surface area contributed by atoms with Crippen molar-refractivity contribution in [3.63, 3.8) is 0 Å². The summed E-state index contributed by atoms with van der Waals surface area (Å²) in [7, 11) is 0. The molecule has 3 aromatic carbocycles. The molecule has 7 heteroatoms. The summed E-state index contributed by atoms with van der Waals surface area (Å²) in [6, 6.07) is 19.3. The minimum absolute atomic E-state index is 0.0735. The van der Waals surface area contributed by atoms with E-state index in [2.05, 4.69) is 0 Å². The first kappa shape index (κ1) is 20.6. The van der Waals surface area contributed by atoms with E-state index in [0.717, 1.165) is 28.8 Å². The maximum atomic E-state index is 13.8. The van der Waals surface area contributed by atoms with Crippen LogP contribution in [0.5, 0.6) is 0 Å². The number of carbonyl (C=O) groups is 2. The van der Waals surface area contributed by atoms with Gasteiger partial charge in [-0.05, 0) is 66.8 Å². The molecule has 0 radical (unpaired) electrons.